The van der Waals surface area contributed by atoms with E-state index in [9.17, 15) is 13.2 Å². The Morgan fingerprint density at radius 1 is 1.48 bits per heavy atom. The van der Waals surface area contributed by atoms with Crippen molar-refractivity contribution in [3.63, 3.8) is 0 Å². The van der Waals surface area contributed by atoms with Crippen molar-refractivity contribution in [3.8, 4) is 0 Å². The van der Waals surface area contributed by atoms with Crippen LogP contribution in [-0.2, 0) is 14.8 Å². The number of aromatic nitrogens is 1. The maximum absolute atomic E-state index is 12.5. The van der Waals surface area contributed by atoms with Crippen LogP contribution in [0.3, 0.4) is 0 Å². The molecule has 2 heterocycles. The third kappa shape index (κ3) is 3.93. The highest BCUT2D eigenvalue weighted by molar-refractivity contribution is 7.89. The van der Waals surface area contributed by atoms with E-state index >= 15 is 0 Å². The summed E-state index contributed by atoms with van der Waals surface area (Å²) in [6.07, 6.45) is 4.18. The molecule has 1 aromatic heterocycles. The third-order valence-electron chi connectivity index (χ3n) is 3.57. The maximum atomic E-state index is 12.5. The highest BCUT2D eigenvalue weighted by Gasteiger charge is 2.30. The number of carbonyl (C=O) groups is 1. The van der Waals surface area contributed by atoms with Crippen LogP contribution in [0.15, 0.2) is 23.4 Å². The summed E-state index contributed by atoms with van der Waals surface area (Å²) in [7, 11) is -3.60. The van der Waals surface area contributed by atoms with Gasteiger partial charge in [0.2, 0.25) is 15.9 Å². The average Bonchev–Trinajstić information content (AvgIpc) is 2.46. The summed E-state index contributed by atoms with van der Waals surface area (Å²) in [5.41, 5.74) is 0. The van der Waals surface area contributed by atoms with Gasteiger partial charge in [0.25, 0.3) is 0 Å². The molecule has 0 spiro atoms. The van der Waals surface area contributed by atoms with Crippen molar-refractivity contribution >= 4 is 27.5 Å². The zero-order valence-electron chi connectivity index (χ0n) is 11.8. The summed E-state index contributed by atoms with van der Waals surface area (Å²) in [4.78, 5) is 14.8. The molecular weight excluding hydrogens is 314 g/mol. The van der Waals surface area contributed by atoms with Gasteiger partial charge in [-0.25, -0.2) is 8.42 Å². The lowest BCUT2D eigenvalue weighted by Crippen LogP contribution is -2.41. The molecule has 1 amide bonds. The van der Waals surface area contributed by atoms with E-state index < -0.39 is 10.0 Å². The number of sulfonamides is 1. The minimum atomic E-state index is -3.60. The largest absolute Gasteiger partial charge is 0.356 e. The van der Waals surface area contributed by atoms with Crippen molar-refractivity contribution < 1.29 is 13.2 Å². The Bertz CT molecular complexity index is 613. The molecule has 0 aliphatic carbocycles. The monoisotopic (exact) mass is 331 g/mol. The second-order valence-corrected chi connectivity index (χ2v) is 7.40. The first-order chi connectivity index (χ1) is 9.91. The van der Waals surface area contributed by atoms with Crippen LogP contribution >= 0.6 is 11.6 Å². The summed E-state index contributed by atoms with van der Waals surface area (Å²) >= 11 is 5.95. The van der Waals surface area contributed by atoms with Gasteiger partial charge in [0, 0.05) is 39.0 Å². The number of pyridine rings is 1. The lowest BCUT2D eigenvalue weighted by Gasteiger charge is -2.31. The van der Waals surface area contributed by atoms with Crippen LogP contribution in [0.1, 0.15) is 19.8 Å². The topological polar surface area (TPSA) is 79.4 Å². The number of amides is 1. The Kier molecular flexibility index (Phi) is 5.18. The molecule has 1 aliphatic rings. The number of hydrogen-bond donors (Lipinski definition) is 1. The molecular formula is C13H18ClN3O3S. The van der Waals surface area contributed by atoms with E-state index in [1.807, 2.05) is 0 Å². The summed E-state index contributed by atoms with van der Waals surface area (Å²) in [5, 5.41) is 2.96. The molecule has 1 aromatic rings. The molecule has 0 atom stereocenters. The zero-order chi connectivity index (χ0) is 15.5. The highest BCUT2D eigenvalue weighted by Crippen LogP contribution is 2.27. The second kappa shape index (κ2) is 6.72. The van der Waals surface area contributed by atoms with Gasteiger partial charge in [0.05, 0.1) is 5.02 Å². The highest BCUT2D eigenvalue weighted by atomic mass is 35.5. The predicted octanol–water partition coefficient (Wildman–Crippen LogP) is 1.27. The van der Waals surface area contributed by atoms with Gasteiger partial charge in [0.15, 0.2) is 0 Å². The quantitative estimate of drug-likeness (QED) is 0.901. The number of piperidine rings is 1. The zero-order valence-corrected chi connectivity index (χ0v) is 13.3. The van der Waals surface area contributed by atoms with Gasteiger partial charge in [0.1, 0.15) is 4.90 Å². The molecule has 6 nitrogen and oxygen atoms in total. The molecule has 2 rings (SSSR count). The van der Waals surface area contributed by atoms with Crippen LogP contribution in [0.2, 0.25) is 5.02 Å². The maximum Gasteiger partial charge on any atom is 0.246 e. The van der Waals surface area contributed by atoms with Crippen LogP contribution in [0.25, 0.3) is 0 Å². The van der Waals surface area contributed by atoms with E-state index in [4.69, 9.17) is 11.6 Å². The van der Waals surface area contributed by atoms with Crippen LogP contribution < -0.4 is 5.32 Å². The fraction of sp³-hybridized carbons (Fsp3) is 0.538. The molecule has 8 heteroatoms. The number of nitrogens with one attached hydrogen (secondary N) is 1. The van der Waals surface area contributed by atoms with E-state index in [-0.39, 0.29) is 15.8 Å². The van der Waals surface area contributed by atoms with Crippen LogP contribution in [0.4, 0.5) is 0 Å². The molecule has 0 aromatic carbocycles. The Labute approximate surface area is 129 Å². The molecule has 0 saturated carbocycles. The lowest BCUT2D eigenvalue weighted by atomic mass is 9.98. The summed E-state index contributed by atoms with van der Waals surface area (Å²) in [6, 6.07) is 1.47. The predicted molar refractivity (Wildman–Crippen MR) is 79.4 cm³/mol. The molecule has 1 aliphatic heterocycles. The van der Waals surface area contributed by atoms with Crippen molar-refractivity contribution in [2.45, 2.75) is 24.7 Å². The molecule has 0 radical (unpaired) electrons. The number of hydrogen-bond acceptors (Lipinski definition) is 4. The number of halogens is 1. The van der Waals surface area contributed by atoms with Gasteiger partial charge in [-0.2, -0.15) is 4.31 Å². The molecule has 0 bridgehead atoms. The van der Waals surface area contributed by atoms with Gasteiger partial charge in [-0.3, -0.25) is 9.78 Å². The first-order valence-electron chi connectivity index (χ1n) is 6.75. The molecule has 1 N–H and O–H groups in total. The van der Waals surface area contributed by atoms with Crippen molar-refractivity contribution in [2.24, 2.45) is 5.92 Å². The van der Waals surface area contributed by atoms with E-state index in [2.05, 4.69) is 10.3 Å². The Morgan fingerprint density at radius 3 is 2.71 bits per heavy atom. The number of nitrogens with zero attached hydrogens (tertiary/aromatic N) is 2. The minimum Gasteiger partial charge on any atom is -0.356 e. The first-order valence-corrected chi connectivity index (χ1v) is 8.57. The van der Waals surface area contributed by atoms with E-state index in [0.717, 1.165) is 12.8 Å². The van der Waals surface area contributed by atoms with Gasteiger partial charge in [-0.15, -0.1) is 0 Å². The van der Waals surface area contributed by atoms with Crippen LogP contribution in [0.5, 0.6) is 0 Å². The van der Waals surface area contributed by atoms with E-state index in [0.29, 0.717) is 25.6 Å². The lowest BCUT2D eigenvalue weighted by molar-refractivity contribution is -0.119. The molecule has 116 valence electrons. The third-order valence-corrected chi connectivity index (χ3v) is 5.93. The van der Waals surface area contributed by atoms with Crippen LogP contribution in [-0.4, -0.2) is 43.2 Å². The molecule has 0 unspecified atom stereocenters. The van der Waals surface area contributed by atoms with Gasteiger partial charge < -0.3 is 5.32 Å². The van der Waals surface area contributed by atoms with Crippen molar-refractivity contribution in [1.29, 1.82) is 0 Å². The summed E-state index contributed by atoms with van der Waals surface area (Å²) < 4.78 is 26.5. The van der Waals surface area contributed by atoms with E-state index in [1.54, 1.807) is 0 Å². The Morgan fingerprint density at radius 2 is 2.14 bits per heavy atom. The average molecular weight is 332 g/mol. The SMILES string of the molecule is CC(=O)NCC1CCN(S(=O)(=O)c2cnccc2Cl)CC1. The molecule has 21 heavy (non-hydrogen) atoms. The number of rotatable bonds is 4. The molecule has 1 fully saturated rings. The van der Waals surface area contributed by atoms with Crippen molar-refractivity contribution in [2.75, 3.05) is 19.6 Å². The first kappa shape index (κ1) is 16.2. The second-order valence-electron chi connectivity index (χ2n) is 5.09. The Balaban J connectivity index is 2.01. The van der Waals surface area contributed by atoms with Gasteiger partial charge in [-0.05, 0) is 24.8 Å². The summed E-state index contributed by atoms with van der Waals surface area (Å²) in [5.74, 6) is 0.247. The minimum absolute atomic E-state index is 0.0481. The van der Waals surface area contributed by atoms with Gasteiger partial charge in [-0.1, -0.05) is 11.6 Å². The van der Waals surface area contributed by atoms with Crippen molar-refractivity contribution in [1.82, 2.24) is 14.6 Å². The summed E-state index contributed by atoms with van der Waals surface area (Å²) in [6.45, 7) is 2.93. The standard InChI is InChI=1S/C13H18ClN3O3S/c1-10(18)16-8-11-3-6-17(7-4-11)21(19,20)13-9-15-5-2-12(13)14/h2,5,9,11H,3-4,6-8H2,1H3,(H,16,18). The normalized spacial score (nSPS) is 17.6. The fourth-order valence-corrected chi connectivity index (χ4v) is 4.21. The van der Waals surface area contributed by atoms with E-state index in [1.165, 1.54) is 29.7 Å². The smallest absolute Gasteiger partial charge is 0.246 e. The van der Waals surface area contributed by atoms with Crippen LogP contribution in [0, 0.1) is 5.92 Å². The number of carbonyl (C=O) groups excluding carboxylic acids is 1. The molecule has 1 saturated heterocycles. The fourth-order valence-electron chi connectivity index (χ4n) is 2.33. The Hall–Kier alpha value is -1.18. The van der Waals surface area contributed by atoms with Gasteiger partial charge >= 0.3 is 0 Å². The van der Waals surface area contributed by atoms with Crippen molar-refractivity contribution in [3.05, 3.63) is 23.5 Å².